The number of ether oxygens (including phenoxy) is 1. The maximum Gasteiger partial charge on any atom is 0.248 e. The lowest BCUT2D eigenvalue weighted by molar-refractivity contribution is -0.134. The molecule has 0 spiro atoms. The predicted octanol–water partition coefficient (Wildman–Crippen LogP) is 1.78. The Balaban J connectivity index is 1.80. The Labute approximate surface area is 168 Å². The van der Waals surface area contributed by atoms with Crippen molar-refractivity contribution in [3.8, 4) is 0 Å². The van der Waals surface area contributed by atoms with Gasteiger partial charge in [0.2, 0.25) is 11.8 Å². The van der Waals surface area contributed by atoms with E-state index >= 15 is 0 Å². The first-order valence-corrected chi connectivity index (χ1v) is 9.25. The van der Waals surface area contributed by atoms with Gasteiger partial charge in [-0.1, -0.05) is 0 Å². The van der Waals surface area contributed by atoms with E-state index in [9.17, 15) is 14.0 Å². The van der Waals surface area contributed by atoms with Crippen molar-refractivity contribution >= 4 is 23.3 Å². The van der Waals surface area contributed by atoms with Crippen LogP contribution in [0.25, 0.3) is 0 Å². The van der Waals surface area contributed by atoms with Crippen molar-refractivity contribution in [1.82, 2.24) is 14.9 Å². The quantitative estimate of drug-likeness (QED) is 0.761. The van der Waals surface area contributed by atoms with Crippen LogP contribution in [0.1, 0.15) is 23.9 Å². The number of rotatable bonds is 7. The molecular formula is C20H24FN5O3. The van der Waals surface area contributed by atoms with Crippen LogP contribution in [-0.2, 0) is 20.9 Å². The number of carbonyl (C=O) groups is 2. The molecule has 1 aromatic carbocycles. The molecule has 0 aliphatic carbocycles. The molecule has 2 amide bonds. The van der Waals surface area contributed by atoms with E-state index in [1.807, 2.05) is 6.07 Å². The van der Waals surface area contributed by atoms with Gasteiger partial charge >= 0.3 is 0 Å². The van der Waals surface area contributed by atoms with Crippen molar-refractivity contribution in [3.63, 3.8) is 0 Å². The highest BCUT2D eigenvalue weighted by molar-refractivity contribution is 5.96. The summed E-state index contributed by atoms with van der Waals surface area (Å²) in [5.74, 6) is 0.410. The number of likely N-dealkylation sites (N-methyl/N-ethyl adjacent to an activating group) is 1. The Bertz CT molecular complexity index is 890. The zero-order chi connectivity index (χ0) is 21.0. The second-order valence-corrected chi connectivity index (χ2v) is 6.91. The summed E-state index contributed by atoms with van der Waals surface area (Å²) in [7, 11) is 4.87. The monoisotopic (exact) mass is 401 g/mol. The van der Waals surface area contributed by atoms with E-state index in [0.29, 0.717) is 30.3 Å². The molecule has 1 aromatic heterocycles. The number of benzene rings is 1. The van der Waals surface area contributed by atoms with Crippen molar-refractivity contribution < 1.29 is 18.7 Å². The van der Waals surface area contributed by atoms with E-state index in [-0.39, 0.29) is 36.7 Å². The number of carbonyl (C=O) groups excluding carboxylic acids is 2. The fourth-order valence-corrected chi connectivity index (χ4v) is 3.24. The van der Waals surface area contributed by atoms with Crippen molar-refractivity contribution in [2.75, 3.05) is 44.6 Å². The number of nitrogens with zero attached hydrogens (tertiary/aromatic N) is 4. The Hall–Kier alpha value is -3.07. The summed E-state index contributed by atoms with van der Waals surface area (Å²) < 4.78 is 18.1. The van der Waals surface area contributed by atoms with Gasteiger partial charge in [-0.05, 0) is 24.3 Å². The number of amides is 2. The highest BCUT2D eigenvalue weighted by atomic mass is 19.1. The van der Waals surface area contributed by atoms with E-state index in [1.54, 1.807) is 31.1 Å². The van der Waals surface area contributed by atoms with Crippen LogP contribution in [0.4, 0.5) is 15.9 Å². The Kier molecular flexibility index (Phi) is 6.38. The van der Waals surface area contributed by atoms with Gasteiger partial charge in [-0.25, -0.2) is 14.4 Å². The molecule has 9 heteroatoms. The lowest BCUT2D eigenvalue weighted by Crippen LogP contribution is -2.30. The summed E-state index contributed by atoms with van der Waals surface area (Å²) in [6.07, 6.45) is 0.301. The lowest BCUT2D eigenvalue weighted by Gasteiger charge is -2.19. The maximum atomic E-state index is 13.2. The number of hydrogen-bond acceptors (Lipinski definition) is 6. The molecule has 8 nitrogen and oxygen atoms in total. The predicted molar refractivity (Wildman–Crippen MR) is 106 cm³/mol. The van der Waals surface area contributed by atoms with Gasteiger partial charge in [-0.3, -0.25) is 9.59 Å². The Morgan fingerprint density at radius 3 is 2.72 bits per heavy atom. The van der Waals surface area contributed by atoms with Crippen LogP contribution in [-0.4, -0.2) is 61.0 Å². The molecule has 0 bridgehead atoms. The molecule has 154 valence electrons. The topological polar surface area (TPSA) is 87.7 Å². The number of aromatic nitrogens is 2. The fraction of sp³-hybridized carbons (Fsp3) is 0.400. The van der Waals surface area contributed by atoms with Gasteiger partial charge in [-0.2, -0.15) is 0 Å². The summed E-state index contributed by atoms with van der Waals surface area (Å²) >= 11 is 0. The average Bonchev–Trinajstić information content (AvgIpc) is 3.10. The van der Waals surface area contributed by atoms with Crippen LogP contribution in [0.2, 0.25) is 0 Å². The van der Waals surface area contributed by atoms with Crippen LogP contribution in [0, 0.1) is 5.82 Å². The van der Waals surface area contributed by atoms with Crippen molar-refractivity contribution in [3.05, 3.63) is 47.7 Å². The van der Waals surface area contributed by atoms with Crippen LogP contribution < -0.4 is 10.2 Å². The average molecular weight is 401 g/mol. The molecule has 1 N–H and O–H groups in total. The highest BCUT2D eigenvalue weighted by Gasteiger charge is 2.33. The molecule has 1 aliphatic rings. The molecule has 2 aromatic rings. The van der Waals surface area contributed by atoms with Gasteiger partial charge in [0.05, 0.1) is 12.2 Å². The first kappa shape index (κ1) is 20.7. The van der Waals surface area contributed by atoms with Gasteiger partial charge in [0, 0.05) is 51.8 Å². The third-order valence-electron chi connectivity index (χ3n) is 4.80. The lowest BCUT2D eigenvalue weighted by atomic mass is 10.0. The third kappa shape index (κ3) is 4.86. The largest absolute Gasteiger partial charge is 0.375 e. The summed E-state index contributed by atoms with van der Waals surface area (Å²) in [5, 5.41) is 3.00. The molecule has 29 heavy (non-hydrogen) atoms. The molecule has 0 radical (unpaired) electrons. The summed E-state index contributed by atoms with van der Waals surface area (Å²) in [4.78, 5) is 36.6. The van der Waals surface area contributed by atoms with Gasteiger partial charge < -0.3 is 19.9 Å². The second kappa shape index (κ2) is 8.95. The number of halogens is 1. The first-order valence-electron chi connectivity index (χ1n) is 9.25. The molecule has 1 saturated heterocycles. The maximum absolute atomic E-state index is 13.2. The summed E-state index contributed by atoms with van der Waals surface area (Å²) in [5.41, 5.74) is 1.39. The van der Waals surface area contributed by atoms with E-state index < -0.39 is 0 Å². The van der Waals surface area contributed by atoms with Crippen LogP contribution in [0.15, 0.2) is 30.3 Å². The van der Waals surface area contributed by atoms with Crippen molar-refractivity contribution in [1.29, 1.82) is 0 Å². The fourth-order valence-electron chi connectivity index (χ4n) is 3.24. The van der Waals surface area contributed by atoms with E-state index in [2.05, 4.69) is 15.3 Å². The summed E-state index contributed by atoms with van der Waals surface area (Å²) in [6.45, 7) is 0.661. The molecule has 0 saturated carbocycles. The van der Waals surface area contributed by atoms with E-state index in [4.69, 9.17) is 4.74 Å². The third-order valence-corrected chi connectivity index (χ3v) is 4.80. The zero-order valence-electron chi connectivity index (χ0n) is 16.7. The minimum absolute atomic E-state index is 0.0150. The van der Waals surface area contributed by atoms with Crippen LogP contribution in [0.5, 0.6) is 0 Å². The number of nitrogens with one attached hydrogen (secondary N) is 1. The van der Waals surface area contributed by atoms with Gasteiger partial charge in [-0.15, -0.1) is 0 Å². The molecule has 1 atom stereocenters. The first-order chi connectivity index (χ1) is 13.9. The number of anilines is 2. The molecule has 1 unspecified atom stereocenters. The van der Waals surface area contributed by atoms with Gasteiger partial charge in [0.1, 0.15) is 24.1 Å². The van der Waals surface area contributed by atoms with E-state index in [0.717, 1.165) is 5.69 Å². The van der Waals surface area contributed by atoms with Crippen molar-refractivity contribution in [2.45, 2.75) is 18.9 Å². The normalized spacial score (nSPS) is 16.2. The van der Waals surface area contributed by atoms with Crippen molar-refractivity contribution in [2.24, 2.45) is 0 Å². The minimum Gasteiger partial charge on any atom is -0.375 e. The standard InChI is InChI=1S/C20H24FN5O3/c1-22-17-9-16(23-18(24-17)11-25(2)20(28)12-29-3)13-8-19(27)26(10-13)15-6-4-14(21)5-7-15/h4-7,9,13H,8,10-12H2,1-3H3,(H,22,23,24). The molecule has 3 rings (SSSR count). The smallest absolute Gasteiger partial charge is 0.248 e. The van der Waals surface area contributed by atoms with Gasteiger partial charge in [0.25, 0.3) is 0 Å². The van der Waals surface area contributed by atoms with Gasteiger partial charge in [0.15, 0.2) is 0 Å². The van der Waals surface area contributed by atoms with Crippen LogP contribution in [0.3, 0.4) is 0 Å². The molecule has 2 heterocycles. The number of hydrogen-bond donors (Lipinski definition) is 1. The zero-order valence-corrected chi connectivity index (χ0v) is 16.7. The summed E-state index contributed by atoms with van der Waals surface area (Å²) in [6, 6.07) is 7.68. The second-order valence-electron chi connectivity index (χ2n) is 6.91. The van der Waals surface area contributed by atoms with Crippen LogP contribution >= 0.6 is 0 Å². The molecular weight excluding hydrogens is 377 g/mol. The minimum atomic E-state index is -0.344. The number of methoxy groups -OCH3 is 1. The Morgan fingerprint density at radius 2 is 2.07 bits per heavy atom. The highest BCUT2D eigenvalue weighted by Crippen LogP contribution is 2.31. The molecule has 1 aliphatic heterocycles. The van der Waals surface area contributed by atoms with E-state index in [1.165, 1.54) is 24.1 Å². The molecule has 1 fully saturated rings. The Morgan fingerprint density at radius 1 is 1.34 bits per heavy atom. The SMILES string of the molecule is CNc1cc(C2CC(=O)N(c3ccc(F)cc3)C2)nc(CN(C)C(=O)COC)n1.